The number of nitrogens with zero attached hydrogens (tertiary/aromatic N) is 5. The zero-order valence-electron chi connectivity index (χ0n) is 14.8. The van der Waals surface area contributed by atoms with Crippen molar-refractivity contribution >= 4 is 11.3 Å². The predicted octanol–water partition coefficient (Wildman–Crippen LogP) is 5.12. The fraction of sp³-hybridized carbons (Fsp3) is 0. The van der Waals surface area contributed by atoms with Crippen molar-refractivity contribution in [1.29, 1.82) is 0 Å². The van der Waals surface area contributed by atoms with E-state index in [9.17, 15) is 0 Å². The molecule has 0 aliphatic heterocycles. The van der Waals surface area contributed by atoms with Crippen LogP contribution in [0.25, 0.3) is 38.2 Å². The largest absolute Gasteiger partial charge is 0.234 e. The van der Waals surface area contributed by atoms with Crippen molar-refractivity contribution in [1.82, 2.24) is 25.2 Å². The van der Waals surface area contributed by atoms with Crippen LogP contribution in [0.1, 0.15) is 0 Å². The molecule has 6 heteroatoms. The van der Waals surface area contributed by atoms with Gasteiger partial charge in [-0.15, -0.1) is 5.10 Å². The van der Waals surface area contributed by atoms with E-state index < -0.39 is 0 Å². The first-order valence-electron chi connectivity index (χ1n) is 8.86. The Morgan fingerprint density at radius 3 is 1.86 bits per heavy atom. The molecule has 5 rings (SSSR count). The first-order chi connectivity index (χ1) is 13.9. The molecule has 134 valence electrons. The Kier molecular flexibility index (Phi) is 4.23. The molecule has 0 atom stereocenters. The molecule has 0 aliphatic carbocycles. The molecule has 28 heavy (non-hydrogen) atoms. The van der Waals surface area contributed by atoms with Crippen LogP contribution >= 0.6 is 11.3 Å². The second-order valence-electron chi connectivity index (χ2n) is 6.19. The third kappa shape index (κ3) is 3.00. The Bertz CT molecular complexity index is 1200. The van der Waals surface area contributed by atoms with E-state index in [0.717, 1.165) is 32.4 Å². The molecule has 0 aliphatic rings. The zero-order chi connectivity index (χ0) is 18.8. The molecule has 0 saturated carbocycles. The molecule has 0 unspecified atom stereocenters. The second kappa shape index (κ2) is 7.17. The first kappa shape index (κ1) is 16.5. The average Bonchev–Trinajstić information content (AvgIpc) is 3.43. The third-order valence-electron chi connectivity index (χ3n) is 4.37. The second-order valence-corrected chi connectivity index (χ2v) is 7.16. The van der Waals surface area contributed by atoms with Gasteiger partial charge >= 0.3 is 0 Å². The SMILES string of the molecule is c1ccc(-c2nc(-c3ccccc3)c(-n3nnnc3-c3ccccc3)s2)cc1. The summed E-state index contributed by atoms with van der Waals surface area (Å²) in [6, 6.07) is 30.3. The van der Waals surface area contributed by atoms with E-state index in [-0.39, 0.29) is 0 Å². The summed E-state index contributed by atoms with van der Waals surface area (Å²) in [6.45, 7) is 0. The highest BCUT2D eigenvalue weighted by atomic mass is 32.1. The van der Waals surface area contributed by atoms with E-state index in [2.05, 4.69) is 39.8 Å². The molecule has 0 bridgehead atoms. The molecule has 5 aromatic rings. The lowest BCUT2D eigenvalue weighted by Crippen LogP contribution is -1.99. The standard InChI is InChI=1S/C22H15N5S/c1-4-10-16(11-5-1)19-22(28-21(23-19)18-14-8-3-9-15-18)27-20(24-25-26-27)17-12-6-2-7-13-17/h1-15H. The van der Waals surface area contributed by atoms with Crippen molar-refractivity contribution in [3.05, 3.63) is 91.0 Å². The van der Waals surface area contributed by atoms with E-state index in [1.165, 1.54) is 0 Å². The lowest BCUT2D eigenvalue weighted by Gasteiger charge is -2.04. The summed E-state index contributed by atoms with van der Waals surface area (Å²) < 4.78 is 1.78. The van der Waals surface area contributed by atoms with Crippen molar-refractivity contribution in [2.24, 2.45) is 0 Å². The first-order valence-corrected chi connectivity index (χ1v) is 9.67. The number of benzene rings is 3. The Labute approximate surface area is 166 Å². The molecule has 0 fully saturated rings. The van der Waals surface area contributed by atoms with Crippen LogP contribution in [-0.2, 0) is 0 Å². The van der Waals surface area contributed by atoms with Crippen molar-refractivity contribution in [2.75, 3.05) is 0 Å². The van der Waals surface area contributed by atoms with Crippen molar-refractivity contribution in [3.8, 4) is 38.2 Å². The van der Waals surface area contributed by atoms with Gasteiger partial charge in [0.1, 0.15) is 15.7 Å². The van der Waals surface area contributed by atoms with Gasteiger partial charge in [0.05, 0.1) is 0 Å². The van der Waals surface area contributed by atoms with Gasteiger partial charge in [-0.05, 0) is 10.4 Å². The molecule has 2 aromatic heterocycles. The molecule has 2 heterocycles. The zero-order valence-corrected chi connectivity index (χ0v) is 15.6. The maximum absolute atomic E-state index is 4.94. The monoisotopic (exact) mass is 381 g/mol. The number of hydrogen-bond donors (Lipinski definition) is 0. The van der Waals surface area contributed by atoms with Gasteiger partial charge in [-0.2, -0.15) is 4.68 Å². The molecule has 0 radical (unpaired) electrons. The quantitative estimate of drug-likeness (QED) is 0.434. The van der Waals surface area contributed by atoms with Crippen LogP contribution in [0.4, 0.5) is 0 Å². The summed E-state index contributed by atoms with van der Waals surface area (Å²) >= 11 is 1.58. The maximum atomic E-state index is 4.94. The van der Waals surface area contributed by atoms with Gasteiger partial charge < -0.3 is 0 Å². The molecule has 5 nitrogen and oxygen atoms in total. The number of thiazole rings is 1. The third-order valence-corrected chi connectivity index (χ3v) is 5.45. The molecule has 0 spiro atoms. The predicted molar refractivity (Wildman–Crippen MR) is 111 cm³/mol. The van der Waals surface area contributed by atoms with Crippen LogP contribution < -0.4 is 0 Å². The van der Waals surface area contributed by atoms with Gasteiger partial charge in [-0.3, -0.25) is 0 Å². The minimum absolute atomic E-state index is 0.695. The smallest absolute Gasteiger partial charge is 0.188 e. The highest BCUT2D eigenvalue weighted by Crippen LogP contribution is 2.37. The summed E-state index contributed by atoms with van der Waals surface area (Å²) in [6.07, 6.45) is 0. The van der Waals surface area contributed by atoms with Gasteiger partial charge in [0.25, 0.3) is 0 Å². The number of tetrazole rings is 1. The maximum Gasteiger partial charge on any atom is 0.188 e. The molecule has 3 aromatic carbocycles. The van der Waals surface area contributed by atoms with Crippen LogP contribution in [0, 0.1) is 0 Å². The lowest BCUT2D eigenvalue weighted by atomic mass is 10.1. The summed E-state index contributed by atoms with van der Waals surface area (Å²) in [7, 11) is 0. The summed E-state index contributed by atoms with van der Waals surface area (Å²) in [4.78, 5) is 4.94. The summed E-state index contributed by atoms with van der Waals surface area (Å²) in [5.41, 5.74) is 3.94. The van der Waals surface area contributed by atoms with E-state index >= 15 is 0 Å². The summed E-state index contributed by atoms with van der Waals surface area (Å²) in [5, 5.41) is 14.3. The van der Waals surface area contributed by atoms with E-state index in [1.807, 2.05) is 66.7 Å². The topological polar surface area (TPSA) is 56.5 Å². The molecule has 0 N–H and O–H groups in total. The highest BCUT2D eigenvalue weighted by Gasteiger charge is 2.20. The number of rotatable bonds is 4. The lowest BCUT2D eigenvalue weighted by molar-refractivity contribution is 0.800. The van der Waals surface area contributed by atoms with Crippen molar-refractivity contribution in [2.45, 2.75) is 0 Å². The van der Waals surface area contributed by atoms with Crippen LogP contribution in [0.2, 0.25) is 0 Å². The highest BCUT2D eigenvalue weighted by molar-refractivity contribution is 7.18. The van der Waals surface area contributed by atoms with Crippen molar-refractivity contribution in [3.63, 3.8) is 0 Å². The van der Waals surface area contributed by atoms with Gasteiger partial charge in [0, 0.05) is 16.7 Å². The average molecular weight is 381 g/mol. The fourth-order valence-corrected chi connectivity index (χ4v) is 4.08. The van der Waals surface area contributed by atoms with E-state index in [4.69, 9.17) is 4.98 Å². The van der Waals surface area contributed by atoms with Gasteiger partial charge in [-0.25, -0.2) is 4.98 Å². The van der Waals surface area contributed by atoms with E-state index in [0.29, 0.717) is 5.82 Å². The van der Waals surface area contributed by atoms with Crippen molar-refractivity contribution < 1.29 is 0 Å². The molecular weight excluding hydrogens is 366 g/mol. The van der Waals surface area contributed by atoms with Gasteiger partial charge in [0.2, 0.25) is 0 Å². The Balaban J connectivity index is 1.72. The summed E-state index contributed by atoms with van der Waals surface area (Å²) in [5.74, 6) is 0.695. The Hall–Kier alpha value is -3.64. The van der Waals surface area contributed by atoms with Gasteiger partial charge in [0.15, 0.2) is 5.82 Å². The number of aromatic nitrogens is 5. The Morgan fingerprint density at radius 2 is 1.21 bits per heavy atom. The van der Waals surface area contributed by atoms with Crippen LogP contribution in [-0.4, -0.2) is 25.2 Å². The normalized spacial score (nSPS) is 10.9. The minimum Gasteiger partial charge on any atom is -0.234 e. The molecule has 0 saturated heterocycles. The minimum atomic E-state index is 0.695. The van der Waals surface area contributed by atoms with Crippen LogP contribution in [0.3, 0.4) is 0 Å². The Morgan fingerprint density at radius 1 is 0.643 bits per heavy atom. The van der Waals surface area contributed by atoms with Crippen LogP contribution in [0.15, 0.2) is 91.0 Å². The van der Waals surface area contributed by atoms with Crippen LogP contribution in [0.5, 0.6) is 0 Å². The number of hydrogen-bond acceptors (Lipinski definition) is 5. The van der Waals surface area contributed by atoms with Gasteiger partial charge in [-0.1, -0.05) is 102 Å². The fourth-order valence-electron chi connectivity index (χ4n) is 3.04. The van der Waals surface area contributed by atoms with E-state index in [1.54, 1.807) is 16.0 Å². The molecule has 0 amide bonds. The molecular formula is C22H15N5S.